The van der Waals surface area contributed by atoms with E-state index in [2.05, 4.69) is 28.1 Å². The molecular weight excluding hydrogens is 426 g/mol. The molecule has 0 radical (unpaired) electrons. The van der Waals surface area contributed by atoms with Crippen LogP contribution in [0.1, 0.15) is 53.1 Å². The largest absolute Gasteiger partial charge is 0.379 e. The van der Waals surface area contributed by atoms with Gasteiger partial charge in [-0.2, -0.15) is 0 Å². The Hall–Kier alpha value is -3.32. The zero-order chi connectivity index (χ0) is 22.7. The van der Waals surface area contributed by atoms with Crippen LogP contribution in [0.3, 0.4) is 0 Å². The van der Waals surface area contributed by atoms with Gasteiger partial charge in [0.2, 0.25) is 5.95 Å². The van der Waals surface area contributed by atoms with Gasteiger partial charge in [-0.15, -0.1) is 0 Å². The molecule has 0 atom stereocenters. The van der Waals surface area contributed by atoms with Crippen LogP contribution in [0, 0.1) is 0 Å². The molecule has 1 saturated carbocycles. The van der Waals surface area contributed by atoms with Crippen LogP contribution >= 0.6 is 0 Å². The first-order valence-corrected chi connectivity index (χ1v) is 12.3. The molecule has 1 aliphatic carbocycles. The van der Waals surface area contributed by atoms with Crippen molar-refractivity contribution in [3.63, 3.8) is 0 Å². The molecule has 0 N–H and O–H groups in total. The number of nitrogens with zero attached hydrogens (tertiary/aromatic N) is 5. The van der Waals surface area contributed by atoms with Gasteiger partial charge in [-0.05, 0) is 67.0 Å². The Morgan fingerprint density at radius 1 is 1.00 bits per heavy atom. The molecule has 0 unspecified atom stereocenters. The van der Waals surface area contributed by atoms with E-state index in [1.807, 2.05) is 35.6 Å². The van der Waals surface area contributed by atoms with E-state index in [4.69, 9.17) is 14.7 Å². The Bertz CT molecular complexity index is 1260. The van der Waals surface area contributed by atoms with Crippen molar-refractivity contribution >= 4 is 17.5 Å². The molecule has 1 spiro atoms. The monoisotopic (exact) mass is 453 g/mol. The summed E-state index contributed by atoms with van der Waals surface area (Å²) in [6, 6.07) is 10.4. The van der Waals surface area contributed by atoms with E-state index in [0.717, 1.165) is 55.0 Å². The first-order valence-electron chi connectivity index (χ1n) is 12.3. The number of likely N-dealkylation sites (tertiary alicyclic amines) is 1. The highest BCUT2D eigenvalue weighted by molar-refractivity contribution is 5.96. The number of carbonyl (C=O) groups excluding carboxylic acids is 1. The number of carbonyl (C=O) groups is 1. The van der Waals surface area contributed by atoms with Crippen molar-refractivity contribution in [2.24, 2.45) is 0 Å². The minimum Gasteiger partial charge on any atom is -0.379 e. The highest BCUT2D eigenvalue weighted by Gasteiger charge is 2.49. The average molecular weight is 454 g/mol. The molecular formula is C27H27N5O2. The SMILES string of the molecule is O=C(c1ccc2c(c1)N(c1ncc(-c3cc(C4CC4)ccn3)cn1)CC21COC1)N1CCCC1. The number of fused-ring (bicyclic) bond motifs is 2. The fourth-order valence-electron chi connectivity index (χ4n) is 5.55. The summed E-state index contributed by atoms with van der Waals surface area (Å²) in [6.45, 7) is 3.83. The van der Waals surface area contributed by atoms with Crippen LogP contribution < -0.4 is 4.90 Å². The maximum Gasteiger partial charge on any atom is 0.253 e. The Morgan fingerprint density at radius 3 is 2.50 bits per heavy atom. The van der Waals surface area contributed by atoms with Crippen molar-refractivity contribution < 1.29 is 9.53 Å². The van der Waals surface area contributed by atoms with Crippen molar-refractivity contribution in [1.29, 1.82) is 0 Å². The Kier molecular flexibility index (Phi) is 4.49. The summed E-state index contributed by atoms with van der Waals surface area (Å²) in [5.41, 5.74) is 6.13. The number of ether oxygens (including phenoxy) is 1. The van der Waals surface area contributed by atoms with E-state index < -0.39 is 0 Å². The second-order valence-corrected chi connectivity index (χ2v) is 10.1. The smallest absolute Gasteiger partial charge is 0.253 e. The quantitative estimate of drug-likeness (QED) is 0.593. The number of hydrogen-bond acceptors (Lipinski definition) is 6. The molecule has 1 aromatic carbocycles. The molecule has 2 aromatic heterocycles. The van der Waals surface area contributed by atoms with Crippen molar-refractivity contribution in [3.05, 3.63) is 65.6 Å². The average Bonchev–Trinajstić information content (AvgIpc) is 3.45. The van der Waals surface area contributed by atoms with Crippen molar-refractivity contribution in [3.8, 4) is 11.3 Å². The number of pyridine rings is 1. The zero-order valence-electron chi connectivity index (χ0n) is 19.1. The molecule has 7 nitrogen and oxygen atoms in total. The van der Waals surface area contributed by atoms with Crippen molar-refractivity contribution in [2.75, 3.05) is 37.7 Å². The minimum atomic E-state index is -0.0489. The fraction of sp³-hybridized carbons (Fsp3) is 0.407. The van der Waals surface area contributed by atoms with Crippen molar-refractivity contribution in [2.45, 2.75) is 37.0 Å². The summed E-state index contributed by atoms with van der Waals surface area (Å²) < 4.78 is 5.62. The van der Waals surface area contributed by atoms with Crippen LogP contribution in [0.5, 0.6) is 0 Å². The van der Waals surface area contributed by atoms with Gasteiger partial charge in [-0.1, -0.05) is 6.07 Å². The third-order valence-electron chi connectivity index (χ3n) is 7.73. The van der Waals surface area contributed by atoms with Gasteiger partial charge in [0.1, 0.15) is 0 Å². The maximum absolute atomic E-state index is 13.1. The molecule has 2 saturated heterocycles. The maximum atomic E-state index is 13.1. The predicted octanol–water partition coefficient (Wildman–Crippen LogP) is 4.07. The van der Waals surface area contributed by atoms with Crippen molar-refractivity contribution in [1.82, 2.24) is 19.9 Å². The molecule has 3 fully saturated rings. The Balaban J connectivity index is 1.21. The standard InChI is InChI=1S/C27H27N5O2/c33-25(31-9-1-2-10-31)20-5-6-22-24(12-20)32(15-27(22)16-34-17-27)26-29-13-21(14-30-26)23-11-19(7-8-28-23)18-3-4-18/h5-8,11-14,18H,1-4,9-10,15-17H2. The molecule has 7 rings (SSSR count). The highest BCUT2D eigenvalue weighted by Crippen LogP contribution is 2.48. The number of aromatic nitrogens is 3. The van der Waals surface area contributed by atoms with Gasteiger partial charge in [0.25, 0.3) is 5.91 Å². The summed E-state index contributed by atoms with van der Waals surface area (Å²) in [6.07, 6.45) is 10.3. The van der Waals surface area contributed by atoms with Gasteiger partial charge in [0.15, 0.2) is 0 Å². The summed E-state index contributed by atoms with van der Waals surface area (Å²) >= 11 is 0. The number of hydrogen-bond donors (Lipinski definition) is 0. The molecule has 7 heteroatoms. The summed E-state index contributed by atoms with van der Waals surface area (Å²) in [7, 11) is 0. The lowest BCUT2D eigenvalue weighted by Gasteiger charge is -2.38. The van der Waals surface area contributed by atoms with E-state index in [0.29, 0.717) is 25.1 Å². The van der Waals surface area contributed by atoms with Gasteiger partial charge in [-0.25, -0.2) is 9.97 Å². The molecule has 0 bridgehead atoms. The number of benzene rings is 1. The van der Waals surface area contributed by atoms with Gasteiger partial charge >= 0.3 is 0 Å². The number of rotatable bonds is 4. The molecule has 34 heavy (non-hydrogen) atoms. The van der Waals surface area contributed by atoms with E-state index in [-0.39, 0.29) is 11.3 Å². The van der Waals surface area contributed by atoms with Crippen LogP contribution in [-0.2, 0) is 10.2 Å². The lowest BCUT2D eigenvalue weighted by atomic mass is 9.80. The number of amides is 1. The lowest BCUT2D eigenvalue weighted by molar-refractivity contribution is -0.0507. The predicted molar refractivity (Wildman–Crippen MR) is 128 cm³/mol. The van der Waals surface area contributed by atoms with E-state index >= 15 is 0 Å². The van der Waals surface area contributed by atoms with E-state index in [1.54, 1.807) is 0 Å². The fourth-order valence-corrected chi connectivity index (χ4v) is 5.55. The number of anilines is 2. The molecule has 172 valence electrons. The van der Waals surface area contributed by atoms with E-state index in [1.165, 1.54) is 24.0 Å². The molecule has 4 aliphatic rings. The van der Waals surface area contributed by atoms with Gasteiger partial charge in [-0.3, -0.25) is 9.78 Å². The minimum absolute atomic E-state index is 0.0489. The molecule has 3 aromatic rings. The van der Waals surface area contributed by atoms with Gasteiger partial charge < -0.3 is 14.5 Å². The van der Waals surface area contributed by atoms with Crippen LogP contribution in [0.25, 0.3) is 11.3 Å². The third-order valence-corrected chi connectivity index (χ3v) is 7.73. The summed E-state index contributed by atoms with van der Waals surface area (Å²) in [4.78, 5) is 31.2. The third kappa shape index (κ3) is 3.21. The normalized spacial score (nSPS) is 20.5. The van der Waals surface area contributed by atoms with E-state index in [9.17, 15) is 4.79 Å². The summed E-state index contributed by atoms with van der Waals surface area (Å²) in [5, 5.41) is 0. The van der Waals surface area contributed by atoms with Crippen LogP contribution in [0.15, 0.2) is 48.9 Å². The first kappa shape index (κ1) is 20.1. The second kappa shape index (κ2) is 7.60. The van der Waals surface area contributed by atoms with Crippen LogP contribution in [0.2, 0.25) is 0 Å². The van der Waals surface area contributed by atoms with Crippen LogP contribution in [0.4, 0.5) is 11.6 Å². The first-order chi connectivity index (χ1) is 16.7. The Labute approximate surface area is 198 Å². The topological polar surface area (TPSA) is 71.5 Å². The van der Waals surface area contributed by atoms with Crippen LogP contribution in [-0.4, -0.2) is 58.6 Å². The van der Waals surface area contributed by atoms with Gasteiger partial charge in [0.05, 0.1) is 24.3 Å². The van der Waals surface area contributed by atoms with Gasteiger partial charge in [0, 0.05) is 55.0 Å². The highest BCUT2D eigenvalue weighted by atomic mass is 16.5. The Morgan fingerprint density at radius 2 is 1.79 bits per heavy atom. The molecule has 1 amide bonds. The molecule has 5 heterocycles. The molecule has 3 aliphatic heterocycles. The summed E-state index contributed by atoms with van der Waals surface area (Å²) in [5.74, 6) is 1.45. The zero-order valence-corrected chi connectivity index (χ0v) is 19.1. The second-order valence-electron chi connectivity index (χ2n) is 10.1. The lowest BCUT2D eigenvalue weighted by Crippen LogP contribution is -2.49.